The molecule has 16 heavy (non-hydrogen) atoms. The largest absolute Gasteiger partial charge is 0.390 e. The fraction of sp³-hybridized carbons (Fsp3) is 0.583. The number of aliphatic hydroxyl groups is 1. The molecule has 1 aliphatic rings. The lowest BCUT2D eigenvalue weighted by Gasteiger charge is -2.12. The van der Waals surface area contributed by atoms with E-state index in [9.17, 15) is 0 Å². The average molecular weight is 222 g/mol. The Morgan fingerprint density at radius 1 is 1.56 bits per heavy atom. The highest BCUT2D eigenvalue weighted by Crippen LogP contribution is 2.16. The molecule has 4 nitrogen and oxygen atoms in total. The molecule has 4 heteroatoms. The van der Waals surface area contributed by atoms with Gasteiger partial charge >= 0.3 is 0 Å². The third-order valence-corrected chi connectivity index (χ3v) is 2.90. The molecule has 2 rings (SSSR count). The molecule has 1 fully saturated rings. The average Bonchev–Trinajstić information content (AvgIpc) is 2.81. The Kier molecular flexibility index (Phi) is 3.74. The van der Waals surface area contributed by atoms with E-state index in [1.54, 1.807) is 0 Å². The summed E-state index contributed by atoms with van der Waals surface area (Å²) in [4.78, 5) is 4.35. The van der Waals surface area contributed by atoms with Crippen LogP contribution in [0.3, 0.4) is 0 Å². The molecule has 1 unspecified atom stereocenters. The van der Waals surface area contributed by atoms with Gasteiger partial charge in [-0.1, -0.05) is 6.07 Å². The van der Waals surface area contributed by atoms with E-state index in [1.807, 2.05) is 19.1 Å². The zero-order chi connectivity index (χ0) is 11.4. The van der Waals surface area contributed by atoms with Gasteiger partial charge < -0.3 is 15.2 Å². The summed E-state index contributed by atoms with van der Waals surface area (Å²) in [7, 11) is 0. The molecule has 0 aliphatic carbocycles. The first kappa shape index (κ1) is 11.4. The van der Waals surface area contributed by atoms with Gasteiger partial charge in [0.15, 0.2) is 0 Å². The van der Waals surface area contributed by atoms with Crippen LogP contribution < -0.4 is 5.32 Å². The van der Waals surface area contributed by atoms with Gasteiger partial charge in [-0.2, -0.15) is 0 Å². The molecular weight excluding hydrogens is 204 g/mol. The van der Waals surface area contributed by atoms with Crippen LogP contribution in [-0.2, 0) is 11.3 Å². The number of aryl methyl sites for hydroxylation is 1. The van der Waals surface area contributed by atoms with Crippen LogP contribution in [0.2, 0.25) is 0 Å². The van der Waals surface area contributed by atoms with Crippen LogP contribution in [0.15, 0.2) is 12.1 Å². The van der Waals surface area contributed by atoms with Crippen LogP contribution >= 0.6 is 0 Å². The van der Waals surface area contributed by atoms with Crippen LogP contribution in [0.4, 0.5) is 5.82 Å². The Morgan fingerprint density at radius 2 is 2.44 bits per heavy atom. The number of ether oxygens (including phenoxy) is 1. The van der Waals surface area contributed by atoms with Gasteiger partial charge in [0.25, 0.3) is 0 Å². The van der Waals surface area contributed by atoms with Gasteiger partial charge in [0.2, 0.25) is 0 Å². The van der Waals surface area contributed by atoms with Crippen molar-refractivity contribution in [3.05, 3.63) is 23.4 Å². The zero-order valence-corrected chi connectivity index (χ0v) is 9.57. The number of hydrogen-bond acceptors (Lipinski definition) is 4. The van der Waals surface area contributed by atoms with Crippen LogP contribution in [0.25, 0.3) is 0 Å². The lowest BCUT2D eigenvalue weighted by molar-refractivity contribution is 0.187. The molecule has 0 aromatic carbocycles. The quantitative estimate of drug-likeness (QED) is 0.807. The third kappa shape index (κ3) is 2.71. The molecule has 1 saturated heterocycles. The number of nitrogens with zero attached hydrogens (tertiary/aromatic N) is 1. The van der Waals surface area contributed by atoms with E-state index in [4.69, 9.17) is 9.84 Å². The summed E-state index contributed by atoms with van der Waals surface area (Å²) in [6.45, 7) is 4.60. The smallest absolute Gasteiger partial charge is 0.129 e. The van der Waals surface area contributed by atoms with Crippen LogP contribution in [0.5, 0.6) is 0 Å². The summed E-state index contributed by atoms with van der Waals surface area (Å²) >= 11 is 0. The highest BCUT2D eigenvalue weighted by Gasteiger charge is 2.15. The summed E-state index contributed by atoms with van der Waals surface area (Å²) in [6, 6.07) is 3.82. The fourth-order valence-electron chi connectivity index (χ4n) is 1.82. The Bertz CT molecular complexity index is 349. The number of aromatic nitrogens is 1. The minimum Gasteiger partial charge on any atom is -0.390 e. The molecule has 0 amide bonds. The van der Waals surface area contributed by atoms with E-state index in [0.29, 0.717) is 11.6 Å². The third-order valence-electron chi connectivity index (χ3n) is 2.90. The molecule has 0 bridgehead atoms. The van der Waals surface area contributed by atoms with Crippen molar-refractivity contribution < 1.29 is 9.84 Å². The van der Waals surface area contributed by atoms with Gasteiger partial charge in [0.1, 0.15) is 5.82 Å². The first-order valence-electron chi connectivity index (χ1n) is 5.68. The minimum absolute atomic E-state index is 0.0124. The molecule has 1 aromatic rings. The van der Waals surface area contributed by atoms with Gasteiger partial charge in [-0.15, -0.1) is 0 Å². The van der Waals surface area contributed by atoms with Crippen LogP contribution in [0.1, 0.15) is 17.7 Å². The van der Waals surface area contributed by atoms with Crippen molar-refractivity contribution in [3.63, 3.8) is 0 Å². The number of pyridine rings is 1. The van der Waals surface area contributed by atoms with Crippen molar-refractivity contribution in [1.82, 2.24) is 4.98 Å². The number of aliphatic hydroxyl groups excluding tert-OH is 1. The van der Waals surface area contributed by atoms with Crippen molar-refractivity contribution in [3.8, 4) is 0 Å². The van der Waals surface area contributed by atoms with Crippen molar-refractivity contribution in [2.24, 2.45) is 5.92 Å². The van der Waals surface area contributed by atoms with Crippen molar-refractivity contribution in [1.29, 1.82) is 0 Å². The van der Waals surface area contributed by atoms with Gasteiger partial charge in [0.05, 0.1) is 18.9 Å². The van der Waals surface area contributed by atoms with E-state index in [-0.39, 0.29) is 6.61 Å². The predicted octanol–water partition coefficient (Wildman–Crippen LogP) is 1.33. The van der Waals surface area contributed by atoms with E-state index in [1.165, 1.54) is 0 Å². The van der Waals surface area contributed by atoms with Crippen LogP contribution in [-0.4, -0.2) is 29.8 Å². The molecule has 2 N–H and O–H groups in total. The zero-order valence-electron chi connectivity index (χ0n) is 9.57. The molecule has 0 saturated carbocycles. The second kappa shape index (κ2) is 5.27. The summed E-state index contributed by atoms with van der Waals surface area (Å²) < 4.78 is 5.32. The predicted molar refractivity (Wildman–Crippen MR) is 62.3 cm³/mol. The maximum Gasteiger partial charge on any atom is 0.129 e. The molecule has 1 aliphatic heterocycles. The number of rotatable bonds is 4. The highest BCUT2D eigenvalue weighted by atomic mass is 16.5. The molecule has 1 atom stereocenters. The number of hydrogen-bond donors (Lipinski definition) is 2. The van der Waals surface area contributed by atoms with E-state index < -0.39 is 0 Å². The molecule has 1 aromatic heterocycles. The summed E-state index contributed by atoms with van der Waals surface area (Å²) in [6.07, 6.45) is 1.12. The van der Waals surface area contributed by atoms with E-state index in [2.05, 4.69) is 10.3 Å². The van der Waals surface area contributed by atoms with Gasteiger partial charge in [-0.3, -0.25) is 0 Å². The maximum atomic E-state index is 9.02. The van der Waals surface area contributed by atoms with Gasteiger partial charge in [-0.05, 0) is 25.0 Å². The molecular formula is C12H18N2O2. The maximum absolute atomic E-state index is 9.02. The lowest BCUT2D eigenvalue weighted by atomic mass is 10.1. The second-order valence-corrected chi connectivity index (χ2v) is 4.24. The molecule has 88 valence electrons. The minimum atomic E-state index is -0.0124. The Labute approximate surface area is 95.7 Å². The Morgan fingerprint density at radius 3 is 3.12 bits per heavy atom. The van der Waals surface area contributed by atoms with Crippen molar-refractivity contribution in [2.45, 2.75) is 20.0 Å². The SMILES string of the molecule is Cc1ccc(CO)nc1NCC1CCOC1. The normalized spacial score (nSPS) is 20.0. The first-order chi connectivity index (χ1) is 7.79. The Balaban J connectivity index is 1.96. The lowest BCUT2D eigenvalue weighted by Crippen LogP contribution is -2.15. The summed E-state index contributed by atoms with van der Waals surface area (Å²) in [5, 5.41) is 12.3. The van der Waals surface area contributed by atoms with Gasteiger partial charge in [0, 0.05) is 19.1 Å². The standard InChI is InChI=1S/C12H18N2O2/c1-9-2-3-11(7-15)14-12(9)13-6-10-4-5-16-8-10/h2-3,10,15H,4-8H2,1H3,(H,13,14). The monoisotopic (exact) mass is 222 g/mol. The van der Waals surface area contributed by atoms with E-state index >= 15 is 0 Å². The molecule has 0 spiro atoms. The van der Waals surface area contributed by atoms with Crippen LogP contribution in [0, 0.1) is 12.8 Å². The van der Waals surface area contributed by atoms with Gasteiger partial charge in [-0.25, -0.2) is 4.98 Å². The molecule has 0 radical (unpaired) electrons. The fourth-order valence-corrected chi connectivity index (χ4v) is 1.82. The number of anilines is 1. The van der Waals surface area contributed by atoms with Crippen molar-refractivity contribution >= 4 is 5.82 Å². The number of nitrogens with one attached hydrogen (secondary N) is 1. The summed E-state index contributed by atoms with van der Waals surface area (Å²) in [5.41, 5.74) is 1.81. The van der Waals surface area contributed by atoms with Crippen molar-refractivity contribution in [2.75, 3.05) is 25.1 Å². The summed E-state index contributed by atoms with van der Waals surface area (Å²) in [5.74, 6) is 1.46. The Hall–Kier alpha value is -1.13. The molecule has 2 heterocycles. The second-order valence-electron chi connectivity index (χ2n) is 4.24. The first-order valence-corrected chi connectivity index (χ1v) is 5.68. The van der Waals surface area contributed by atoms with E-state index in [0.717, 1.165) is 37.6 Å². The highest BCUT2D eigenvalue weighted by molar-refractivity contribution is 5.44. The topological polar surface area (TPSA) is 54.4 Å².